The Bertz CT molecular complexity index is 399. The average Bonchev–Trinajstić information content (AvgIpc) is 2.16. The minimum Gasteiger partial charge on any atom is -0.399 e. The van der Waals surface area contributed by atoms with E-state index in [9.17, 15) is 4.79 Å². The van der Waals surface area contributed by atoms with Crippen LogP contribution < -0.4 is 11.1 Å². The summed E-state index contributed by atoms with van der Waals surface area (Å²) in [5.41, 5.74) is 6.65. The molecule has 3 N–H and O–H groups in total. The van der Waals surface area contributed by atoms with Gasteiger partial charge in [-0.3, -0.25) is 4.79 Å². The van der Waals surface area contributed by atoms with Crippen LogP contribution in [0.25, 0.3) is 0 Å². The van der Waals surface area contributed by atoms with Gasteiger partial charge >= 0.3 is 0 Å². The lowest BCUT2D eigenvalue weighted by atomic mass is 9.90. The van der Waals surface area contributed by atoms with Crippen LogP contribution in [0.3, 0.4) is 0 Å². The zero-order valence-corrected chi connectivity index (χ0v) is 11.3. The molecule has 0 bridgehead atoms. The fourth-order valence-electron chi connectivity index (χ4n) is 1.44. The number of benzene rings is 1. The van der Waals surface area contributed by atoms with Crippen LogP contribution in [-0.4, -0.2) is 5.91 Å². The Hall–Kier alpha value is -1.51. The molecule has 1 rings (SSSR count). The summed E-state index contributed by atoms with van der Waals surface area (Å²) in [5, 5.41) is 3.05. The summed E-state index contributed by atoms with van der Waals surface area (Å²) >= 11 is 0. The van der Waals surface area contributed by atoms with E-state index in [-0.39, 0.29) is 11.3 Å². The summed E-state index contributed by atoms with van der Waals surface area (Å²) in [5.74, 6) is 0.0410. The quantitative estimate of drug-likeness (QED) is 0.773. The van der Waals surface area contributed by atoms with Crippen molar-refractivity contribution in [3.8, 4) is 0 Å². The Morgan fingerprint density at radius 1 is 1.06 bits per heavy atom. The third-order valence-corrected chi connectivity index (χ3v) is 2.74. The van der Waals surface area contributed by atoms with E-state index in [1.165, 1.54) is 0 Å². The smallest absolute Gasteiger partial charge is 0.226 e. The average molecular weight is 234 g/mol. The topological polar surface area (TPSA) is 55.1 Å². The Morgan fingerprint density at radius 2 is 1.53 bits per heavy atom. The van der Waals surface area contributed by atoms with Crippen LogP contribution in [0.2, 0.25) is 0 Å². The van der Waals surface area contributed by atoms with Crippen LogP contribution in [0.15, 0.2) is 24.3 Å². The standard InChI is InChI=1S/C14H22N2O/c1-13(2,3)12(17)16-14(4,5)10-6-8-11(15)9-7-10/h6-9H,15H2,1-5H3,(H,16,17). The Labute approximate surface area is 103 Å². The Balaban J connectivity index is 2.89. The molecule has 0 unspecified atom stereocenters. The highest BCUT2D eigenvalue weighted by molar-refractivity contribution is 5.82. The summed E-state index contributed by atoms with van der Waals surface area (Å²) in [6.07, 6.45) is 0. The highest BCUT2D eigenvalue weighted by Gasteiger charge is 2.29. The maximum atomic E-state index is 12.0. The van der Waals surface area contributed by atoms with E-state index >= 15 is 0 Å². The molecule has 0 atom stereocenters. The second-order valence-corrected chi connectivity index (χ2v) is 5.95. The van der Waals surface area contributed by atoms with E-state index in [1.54, 1.807) is 0 Å². The van der Waals surface area contributed by atoms with E-state index in [0.29, 0.717) is 0 Å². The van der Waals surface area contributed by atoms with Crippen LogP contribution >= 0.6 is 0 Å². The first kappa shape index (κ1) is 13.6. The first-order valence-electron chi connectivity index (χ1n) is 5.81. The van der Waals surface area contributed by atoms with Crippen molar-refractivity contribution < 1.29 is 4.79 Å². The zero-order valence-electron chi connectivity index (χ0n) is 11.3. The van der Waals surface area contributed by atoms with Crippen molar-refractivity contribution in [3.63, 3.8) is 0 Å². The molecule has 17 heavy (non-hydrogen) atoms. The minimum atomic E-state index is -0.391. The summed E-state index contributed by atoms with van der Waals surface area (Å²) in [6.45, 7) is 9.69. The van der Waals surface area contributed by atoms with Crippen molar-refractivity contribution in [1.82, 2.24) is 5.32 Å². The molecule has 0 saturated heterocycles. The summed E-state index contributed by atoms with van der Waals surface area (Å²) in [4.78, 5) is 12.0. The number of carbonyl (C=O) groups is 1. The number of amides is 1. The van der Waals surface area contributed by atoms with Gasteiger partial charge in [-0.15, -0.1) is 0 Å². The molecule has 1 aromatic carbocycles. The van der Waals surface area contributed by atoms with Crippen molar-refractivity contribution in [2.75, 3.05) is 5.73 Å². The lowest BCUT2D eigenvalue weighted by molar-refractivity contribution is -0.130. The molecule has 1 amide bonds. The first-order chi connectivity index (χ1) is 7.63. The van der Waals surface area contributed by atoms with E-state index in [1.807, 2.05) is 58.9 Å². The molecule has 0 aliphatic carbocycles. The SMILES string of the molecule is CC(C)(C)C(=O)NC(C)(C)c1ccc(N)cc1. The number of rotatable bonds is 2. The summed E-state index contributed by atoms with van der Waals surface area (Å²) in [6, 6.07) is 7.58. The van der Waals surface area contributed by atoms with Gasteiger partial charge in [0.25, 0.3) is 0 Å². The molecular formula is C14H22N2O. The van der Waals surface area contributed by atoms with Crippen LogP contribution in [0.5, 0.6) is 0 Å². The lowest BCUT2D eigenvalue weighted by Crippen LogP contribution is -2.46. The highest BCUT2D eigenvalue weighted by atomic mass is 16.2. The number of carbonyl (C=O) groups excluding carboxylic acids is 1. The molecule has 0 spiro atoms. The summed E-state index contributed by atoms with van der Waals surface area (Å²) in [7, 11) is 0. The monoisotopic (exact) mass is 234 g/mol. The molecule has 0 aliphatic rings. The van der Waals surface area contributed by atoms with Crippen LogP contribution in [-0.2, 0) is 10.3 Å². The first-order valence-corrected chi connectivity index (χ1v) is 5.81. The maximum Gasteiger partial charge on any atom is 0.226 e. The molecule has 3 heteroatoms. The molecule has 0 fully saturated rings. The number of nitrogens with two attached hydrogens (primary N) is 1. The number of hydrogen-bond acceptors (Lipinski definition) is 2. The Kier molecular flexibility index (Phi) is 3.51. The number of hydrogen-bond donors (Lipinski definition) is 2. The van der Waals surface area contributed by atoms with Gasteiger partial charge in [-0.1, -0.05) is 32.9 Å². The molecule has 0 aliphatic heterocycles. The number of nitrogens with one attached hydrogen (secondary N) is 1. The van der Waals surface area contributed by atoms with Crippen molar-refractivity contribution in [2.45, 2.75) is 40.2 Å². The van der Waals surface area contributed by atoms with Gasteiger partial charge in [0.1, 0.15) is 0 Å². The second kappa shape index (κ2) is 4.40. The van der Waals surface area contributed by atoms with Gasteiger partial charge in [0.2, 0.25) is 5.91 Å². The van der Waals surface area contributed by atoms with Crippen molar-refractivity contribution in [2.24, 2.45) is 5.41 Å². The molecule has 0 aromatic heterocycles. The van der Waals surface area contributed by atoms with E-state index < -0.39 is 5.54 Å². The van der Waals surface area contributed by atoms with Gasteiger partial charge in [0, 0.05) is 11.1 Å². The van der Waals surface area contributed by atoms with Crippen LogP contribution in [0.1, 0.15) is 40.2 Å². The number of anilines is 1. The third kappa shape index (κ3) is 3.48. The second-order valence-electron chi connectivity index (χ2n) is 5.95. The van der Waals surface area contributed by atoms with E-state index in [2.05, 4.69) is 5.32 Å². The van der Waals surface area contributed by atoms with Crippen molar-refractivity contribution in [3.05, 3.63) is 29.8 Å². The number of nitrogen functional groups attached to an aromatic ring is 1. The predicted octanol–water partition coefficient (Wildman–Crippen LogP) is 2.67. The zero-order chi connectivity index (χ0) is 13.3. The van der Waals surface area contributed by atoms with Gasteiger partial charge in [-0.2, -0.15) is 0 Å². The van der Waals surface area contributed by atoms with Crippen molar-refractivity contribution in [1.29, 1.82) is 0 Å². The van der Waals surface area contributed by atoms with E-state index in [4.69, 9.17) is 5.73 Å². The third-order valence-electron chi connectivity index (χ3n) is 2.74. The Morgan fingerprint density at radius 3 is 1.94 bits per heavy atom. The normalized spacial score (nSPS) is 12.3. The molecular weight excluding hydrogens is 212 g/mol. The van der Waals surface area contributed by atoms with Crippen LogP contribution in [0.4, 0.5) is 5.69 Å². The van der Waals surface area contributed by atoms with Crippen molar-refractivity contribution >= 4 is 11.6 Å². The van der Waals surface area contributed by atoms with Gasteiger partial charge in [0.05, 0.1) is 5.54 Å². The van der Waals surface area contributed by atoms with Crippen LogP contribution in [0, 0.1) is 5.41 Å². The lowest BCUT2D eigenvalue weighted by Gasteiger charge is -2.31. The maximum absolute atomic E-state index is 12.0. The highest BCUT2D eigenvalue weighted by Crippen LogP contribution is 2.23. The van der Waals surface area contributed by atoms with Gasteiger partial charge in [-0.05, 0) is 31.5 Å². The molecule has 1 aromatic rings. The summed E-state index contributed by atoms with van der Waals surface area (Å²) < 4.78 is 0. The van der Waals surface area contributed by atoms with E-state index in [0.717, 1.165) is 11.3 Å². The van der Waals surface area contributed by atoms with Gasteiger partial charge in [-0.25, -0.2) is 0 Å². The van der Waals surface area contributed by atoms with Gasteiger partial charge in [0.15, 0.2) is 0 Å². The molecule has 0 radical (unpaired) electrons. The fraction of sp³-hybridized carbons (Fsp3) is 0.500. The predicted molar refractivity (Wildman–Crippen MR) is 71.5 cm³/mol. The molecule has 94 valence electrons. The fourth-order valence-corrected chi connectivity index (χ4v) is 1.44. The largest absolute Gasteiger partial charge is 0.399 e. The van der Waals surface area contributed by atoms with Gasteiger partial charge < -0.3 is 11.1 Å². The molecule has 3 nitrogen and oxygen atoms in total. The molecule has 0 saturated carbocycles. The minimum absolute atomic E-state index is 0.0410. The molecule has 0 heterocycles.